The molecular formula is C10H10O3. The summed E-state index contributed by atoms with van der Waals surface area (Å²) in [5.41, 5.74) is 0.382. The van der Waals surface area contributed by atoms with Crippen LogP contribution < -0.4 is 0 Å². The molecule has 0 heterocycles. The van der Waals surface area contributed by atoms with E-state index in [1.54, 1.807) is 18.2 Å². The standard InChI is InChI=1S/C10H10O3/c1-13-7-6-10(12)8-4-2-3-5-9(8)11/h2-5,10-12H,1H3. The molecule has 1 rings (SSSR count). The maximum atomic E-state index is 9.42. The first kappa shape index (κ1) is 9.43. The second-order valence-electron chi connectivity index (χ2n) is 2.41. The Kier molecular flexibility index (Phi) is 3.18. The summed E-state index contributed by atoms with van der Waals surface area (Å²) in [6.07, 6.45) is 1.25. The van der Waals surface area contributed by atoms with Gasteiger partial charge in [-0.15, -0.1) is 0 Å². The van der Waals surface area contributed by atoms with Gasteiger partial charge < -0.3 is 14.9 Å². The van der Waals surface area contributed by atoms with Crippen molar-refractivity contribution in [1.29, 1.82) is 0 Å². The van der Waals surface area contributed by atoms with Gasteiger partial charge in [0.25, 0.3) is 0 Å². The molecule has 0 fully saturated rings. The van der Waals surface area contributed by atoms with Crippen molar-refractivity contribution in [3.05, 3.63) is 29.8 Å². The number of aromatic hydroxyl groups is 1. The predicted molar refractivity (Wildman–Crippen MR) is 47.9 cm³/mol. The molecule has 0 amide bonds. The van der Waals surface area contributed by atoms with Crippen LogP contribution in [0.25, 0.3) is 0 Å². The van der Waals surface area contributed by atoms with E-state index in [1.807, 2.05) is 0 Å². The lowest BCUT2D eigenvalue weighted by atomic mass is 10.1. The molecule has 68 valence electrons. The van der Waals surface area contributed by atoms with Gasteiger partial charge in [-0.2, -0.15) is 0 Å². The fourth-order valence-corrected chi connectivity index (χ4v) is 0.911. The normalized spacial score (nSPS) is 11.2. The molecule has 0 saturated heterocycles. The van der Waals surface area contributed by atoms with Gasteiger partial charge in [0.1, 0.15) is 18.0 Å². The van der Waals surface area contributed by atoms with Crippen molar-refractivity contribution in [2.45, 2.75) is 6.10 Å². The second kappa shape index (κ2) is 4.39. The summed E-state index contributed by atoms with van der Waals surface area (Å²) in [5.74, 6) is 2.44. The fraction of sp³-hybridized carbons (Fsp3) is 0.200. The fourth-order valence-electron chi connectivity index (χ4n) is 0.911. The molecule has 1 aromatic carbocycles. The van der Waals surface area contributed by atoms with Crippen molar-refractivity contribution in [3.63, 3.8) is 0 Å². The SMILES string of the molecule is COC#CC(O)c1ccccc1O. The molecule has 1 atom stereocenters. The van der Waals surface area contributed by atoms with Crippen LogP contribution in [0.5, 0.6) is 5.75 Å². The largest absolute Gasteiger partial charge is 0.508 e. The summed E-state index contributed by atoms with van der Waals surface area (Å²) in [6.45, 7) is 0. The molecule has 0 aromatic heterocycles. The van der Waals surface area contributed by atoms with Gasteiger partial charge in [0.05, 0.1) is 7.11 Å². The summed E-state index contributed by atoms with van der Waals surface area (Å²) >= 11 is 0. The molecule has 13 heavy (non-hydrogen) atoms. The molecule has 1 unspecified atom stereocenters. The van der Waals surface area contributed by atoms with Crippen LogP contribution in [0.1, 0.15) is 11.7 Å². The molecule has 0 spiro atoms. The van der Waals surface area contributed by atoms with Crippen molar-refractivity contribution in [3.8, 4) is 17.8 Å². The zero-order valence-corrected chi connectivity index (χ0v) is 7.19. The number of phenols is 1. The number of benzene rings is 1. The maximum absolute atomic E-state index is 9.42. The molecule has 0 bridgehead atoms. The highest BCUT2D eigenvalue weighted by atomic mass is 16.5. The molecular weight excluding hydrogens is 168 g/mol. The third kappa shape index (κ3) is 2.39. The number of hydrogen-bond acceptors (Lipinski definition) is 3. The Labute approximate surface area is 76.6 Å². The molecule has 3 heteroatoms. The first-order chi connectivity index (χ1) is 6.25. The minimum Gasteiger partial charge on any atom is -0.508 e. The van der Waals surface area contributed by atoms with E-state index in [2.05, 4.69) is 16.8 Å². The molecule has 0 saturated carbocycles. The van der Waals surface area contributed by atoms with E-state index in [0.29, 0.717) is 5.56 Å². The van der Waals surface area contributed by atoms with Gasteiger partial charge in [0.15, 0.2) is 0 Å². The zero-order valence-electron chi connectivity index (χ0n) is 7.19. The van der Waals surface area contributed by atoms with Crippen molar-refractivity contribution < 1.29 is 14.9 Å². The Balaban J connectivity index is 2.88. The summed E-state index contributed by atoms with van der Waals surface area (Å²) in [7, 11) is 1.41. The average Bonchev–Trinajstić information content (AvgIpc) is 2.15. The lowest BCUT2D eigenvalue weighted by molar-refractivity contribution is 0.231. The first-order valence-electron chi connectivity index (χ1n) is 3.75. The number of ether oxygens (including phenoxy) is 1. The van der Waals surface area contributed by atoms with Crippen LogP contribution in [0.4, 0.5) is 0 Å². The molecule has 0 aliphatic carbocycles. The number of methoxy groups -OCH3 is 1. The van der Waals surface area contributed by atoms with E-state index in [9.17, 15) is 10.2 Å². The molecule has 1 aromatic rings. The average molecular weight is 178 g/mol. The Morgan fingerprint density at radius 3 is 2.69 bits per heavy atom. The van der Waals surface area contributed by atoms with Crippen LogP contribution in [-0.2, 0) is 4.74 Å². The van der Waals surface area contributed by atoms with Gasteiger partial charge in [-0.25, -0.2) is 0 Å². The van der Waals surface area contributed by atoms with Gasteiger partial charge in [0.2, 0.25) is 0 Å². The van der Waals surface area contributed by atoms with Crippen LogP contribution in [0.15, 0.2) is 24.3 Å². The lowest BCUT2D eigenvalue weighted by Crippen LogP contribution is -1.93. The summed E-state index contributed by atoms with van der Waals surface area (Å²) in [6, 6.07) is 6.49. The van der Waals surface area contributed by atoms with Crippen molar-refractivity contribution in [1.82, 2.24) is 0 Å². The van der Waals surface area contributed by atoms with Crippen molar-refractivity contribution in [2.24, 2.45) is 0 Å². The van der Waals surface area contributed by atoms with Gasteiger partial charge in [-0.3, -0.25) is 0 Å². The van der Waals surface area contributed by atoms with Crippen LogP contribution >= 0.6 is 0 Å². The Morgan fingerprint density at radius 2 is 2.08 bits per heavy atom. The molecule has 0 aliphatic rings. The zero-order chi connectivity index (χ0) is 9.68. The van der Waals surface area contributed by atoms with E-state index in [4.69, 9.17) is 0 Å². The smallest absolute Gasteiger partial charge is 0.147 e. The topological polar surface area (TPSA) is 49.7 Å². The van der Waals surface area contributed by atoms with Crippen molar-refractivity contribution >= 4 is 0 Å². The quantitative estimate of drug-likeness (QED) is 0.631. The van der Waals surface area contributed by atoms with Crippen LogP contribution in [0.2, 0.25) is 0 Å². The molecule has 2 N–H and O–H groups in total. The monoisotopic (exact) mass is 178 g/mol. The number of aliphatic hydroxyl groups is 1. The Hall–Kier alpha value is -1.66. The van der Waals surface area contributed by atoms with Crippen LogP contribution in [-0.4, -0.2) is 17.3 Å². The second-order valence-corrected chi connectivity index (χ2v) is 2.41. The number of phenolic OH excluding ortho intramolecular Hbond substituents is 1. The minimum absolute atomic E-state index is 0.0282. The predicted octanol–water partition coefficient (Wildman–Crippen LogP) is 1.03. The van der Waals surface area contributed by atoms with Gasteiger partial charge in [0, 0.05) is 5.56 Å². The highest BCUT2D eigenvalue weighted by molar-refractivity contribution is 5.36. The minimum atomic E-state index is -1.01. The van der Waals surface area contributed by atoms with E-state index in [1.165, 1.54) is 13.2 Å². The third-order valence-electron chi connectivity index (χ3n) is 1.53. The highest BCUT2D eigenvalue weighted by Gasteiger charge is 2.07. The highest BCUT2D eigenvalue weighted by Crippen LogP contribution is 2.22. The van der Waals surface area contributed by atoms with E-state index >= 15 is 0 Å². The van der Waals surface area contributed by atoms with E-state index < -0.39 is 6.10 Å². The first-order valence-corrected chi connectivity index (χ1v) is 3.75. The van der Waals surface area contributed by atoms with Crippen LogP contribution in [0, 0.1) is 12.0 Å². The number of rotatable bonds is 1. The van der Waals surface area contributed by atoms with Crippen molar-refractivity contribution in [2.75, 3.05) is 7.11 Å². The number of hydrogen-bond donors (Lipinski definition) is 2. The van der Waals surface area contributed by atoms with Gasteiger partial charge in [-0.05, 0) is 12.0 Å². The Morgan fingerprint density at radius 1 is 1.38 bits per heavy atom. The Bertz CT molecular complexity index is 336. The summed E-state index contributed by atoms with van der Waals surface area (Å²) < 4.78 is 4.47. The maximum Gasteiger partial charge on any atom is 0.147 e. The third-order valence-corrected chi connectivity index (χ3v) is 1.53. The van der Waals surface area contributed by atoms with Gasteiger partial charge in [-0.1, -0.05) is 18.2 Å². The lowest BCUT2D eigenvalue weighted by Gasteiger charge is -2.04. The number of para-hydroxylation sites is 1. The van der Waals surface area contributed by atoms with E-state index in [-0.39, 0.29) is 5.75 Å². The van der Waals surface area contributed by atoms with Crippen LogP contribution in [0.3, 0.4) is 0 Å². The molecule has 3 nitrogen and oxygen atoms in total. The summed E-state index contributed by atoms with van der Waals surface area (Å²) in [5, 5.41) is 18.7. The molecule has 0 radical (unpaired) electrons. The van der Waals surface area contributed by atoms with Gasteiger partial charge >= 0.3 is 0 Å². The molecule has 0 aliphatic heterocycles. The number of aliphatic hydroxyl groups excluding tert-OH is 1. The summed E-state index contributed by atoms with van der Waals surface area (Å²) in [4.78, 5) is 0. The van der Waals surface area contributed by atoms with E-state index in [0.717, 1.165) is 0 Å².